The molecule has 17 heavy (non-hydrogen) atoms. The molecule has 0 aromatic heterocycles. The van der Waals surface area contributed by atoms with Crippen LogP contribution in [0.25, 0.3) is 0 Å². The molecule has 1 nitrogen and oxygen atoms in total. The number of hydrogen-bond donors (Lipinski definition) is 1. The number of rotatable bonds is 4. The summed E-state index contributed by atoms with van der Waals surface area (Å²) < 4.78 is 13.3. The molecule has 0 saturated carbocycles. The summed E-state index contributed by atoms with van der Waals surface area (Å²) in [6.45, 7) is 4.27. The number of thioether (sulfide) groups is 1. The average Bonchev–Trinajstić information content (AvgIpc) is 2.26. The van der Waals surface area contributed by atoms with E-state index in [1.807, 2.05) is 6.07 Å². The van der Waals surface area contributed by atoms with E-state index in [-0.39, 0.29) is 12.4 Å². The summed E-state index contributed by atoms with van der Waals surface area (Å²) in [4.78, 5) is 0. The Morgan fingerprint density at radius 3 is 2.76 bits per heavy atom. The minimum atomic E-state index is -0.250. The highest BCUT2D eigenvalue weighted by atomic mass is 32.2. The van der Waals surface area contributed by atoms with Crippen molar-refractivity contribution in [2.45, 2.75) is 31.3 Å². The fourth-order valence-corrected chi connectivity index (χ4v) is 1.98. The maximum absolute atomic E-state index is 13.3. The van der Waals surface area contributed by atoms with Gasteiger partial charge in [-0.05, 0) is 29.0 Å². The van der Waals surface area contributed by atoms with Gasteiger partial charge in [0.15, 0.2) is 0 Å². The molecule has 0 heterocycles. The van der Waals surface area contributed by atoms with Crippen molar-refractivity contribution in [3.63, 3.8) is 0 Å². The molecule has 0 aliphatic carbocycles. The molecule has 0 bridgehead atoms. The van der Waals surface area contributed by atoms with Gasteiger partial charge < -0.3 is 5.11 Å². The van der Waals surface area contributed by atoms with Gasteiger partial charge in [-0.2, -0.15) is 11.8 Å². The van der Waals surface area contributed by atoms with Crippen LogP contribution in [0.2, 0.25) is 0 Å². The van der Waals surface area contributed by atoms with Crippen molar-refractivity contribution in [2.24, 2.45) is 0 Å². The zero-order valence-electron chi connectivity index (χ0n) is 10.2. The maximum Gasteiger partial charge on any atom is 0.124 e. The van der Waals surface area contributed by atoms with Gasteiger partial charge in [0, 0.05) is 17.7 Å². The molecule has 92 valence electrons. The summed E-state index contributed by atoms with van der Waals surface area (Å²) >= 11 is 1.78. The van der Waals surface area contributed by atoms with Crippen LogP contribution in [0.4, 0.5) is 4.39 Å². The van der Waals surface area contributed by atoms with Gasteiger partial charge in [-0.3, -0.25) is 0 Å². The smallest absolute Gasteiger partial charge is 0.124 e. The monoisotopic (exact) mass is 252 g/mol. The summed E-state index contributed by atoms with van der Waals surface area (Å²) in [5.41, 5.74) is 1.63. The van der Waals surface area contributed by atoms with Crippen molar-refractivity contribution in [2.75, 3.05) is 6.61 Å². The number of aliphatic hydroxyl groups is 1. The summed E-state index contributed by atoms with van der Waals surface area (Å²) in [6.07, 6.45) is 0.423. The second-order valence-corrected chi connectivity index (χ2v) is 5.55. The molecule has 1 N–H and O–H groups in total. The molecule has 0 radical (unpaired) electrons. The van der Waals surface area contributed by atoms with Gasteiger partial charge in [-0.15, -0.1) is 0 Å². The molecule has 0 saturated heterocycles. The average molecular weight is 252 g/mol. The third-order valence-electron chi connectivity index (χ3n) is 2.01. The van der Waals surface area contributed by atoms with E-state index in [4.69, 9.17) is 5.11 Å². The molecule has 0 amide bonds. The Hall–Kier alpha value is -0.980. The van der Waals surface area contributed by atoms with Crippen LogP contribution >= 0.6 is 11.8 Å². The van der Waals surface area contributed by atoms with Gasteiger partial charge >= 0.3 is 0 Å². The number of benzene rings is 1. The van der Waals surface area contributed by atoms with Crippen LogP contribution in [0.5, 0.6) is 0 Å². The lowest BCUT2D eigenvalue weighted by molar-refractivity contribution is 0.305. The van der Waals surface area contributed by atoms with Crippen LogP contribution in [0.3, 0.4) is 0 Å². The minimum absolute atomic E-state index is 0.0401. The molecular weight excluding hydrogens is 235 g/mol. The first kappa shape index (κ1) is 14.1. The summed E-state index contributed by atoms with van der Waals surface area (Å²) in [5.74, 6) is 6.20. The van der Waals surface area contributed by atoms with E-state index in [1.54, 1.807) is 17.8 Å². The first-order chi connectivity index (χ1) is 8.11. The second-order valence-electron chi connectivity index (χ2n) is 3.98. The largest absolute Gasteiger partial charge is 0.395 e. The fraction of sp³-hybridized carbons (Fsp3) is 0.429. The van der Waals surface area contributed by atoms with Gasteiger partial charge in [-0.1, -0.05) is 25.7 Å². The Kier molecular flexibility index (Phi) is 6.10. The van der Waals surface area contributed by atoms with E-state index >= 15 is 0 Å². The fourth-order valence-electron chi connectivity index (χ4n) is 1.29. The van der Waals surface area contributed by atoms with Crippen LogP contribution in [0, 0.1) is 17.7 Å². The van der Waals surface area contributed by atoms with Gasteiger partial charge in [-0.25, -0.2) is 4.39 Å². The first-order valence-corrected chi connectivity index (χ1v) is 6.67. The highest BCUT2D eigenvalue weighted by Crippen LogP contribution is 2.19. The highest BCUT2D eigenvalue weighted by Gasteiger charge is 2.01. The van der Waals surface area contributed by atoms with E-state index in [0.717, 1.165) is 11.3 Å². The lowest BCUT2D eigenvalue weighted by atomic mass is 10.1. The van der Waals surface area contributed by atoms with Crippen molar-refractivity contribution >= 4 is 11.8 Å². The van der Waals surface area contributed by atoms with E-state index < -0.39 is 0 Å². The van der Waals surface area contributed by atoms with Crippen molar-refractivity contribution in [1.82, 2.24) is 0 Å². The molecular formula is C14H17FOS. The zero-order valence-corrected chi connectivity index (χ0v) is 11.0. The minimum Gasteiger partial charge on any atom is -0.395 e. The molecule has 0 aliphatic heterocycles. The van der Waals surface area contributed by atoms with E-state index in [2.05, 4.69) is 25.7 Å². The molecule has 1 aromatic carbocycles. The van der Waals surface area contributed by atoms with Crippen molar-refractivity contribution in [3.8, 4) is 11.8 Å². The van der Waals surface area contributed by atoms with E-state index in [1.165, 1.54) is 6.07 Å². The standard InChI is InChI=1S/C14H17FOS/c1-11(2)17-10-13-7-12(5-3-4-6-16)8-14(15)9-13/h7-9,11,16H,4,6,10H2,1-2H3. The molecule has 0 spiro atoms. The van der Waals surface area contributed by atoms with Gasteiger partial charge in [0.25, 0.3) is 0 Å². The van der Waals surface area contributed by atoms with Crippen LogP contribution in [0.15, 0.2) is 18.2 Å². The van der Waals surface area contributed by atoms with E-state index in [9.17, 15) is 4.39 Å². The SMILES string of the molecule is CC(C)SCc1cc(F)cc(C#CCCO)c1. The van der Waals surface area contributed by atoms with Crippen LogP contribution in [0.1, 0.15) is 31.4 Å². The van der Waals surface area contributed by atoms with Crippen molar-refractivity contribution in [1.29, 1.82) is 0 Å². The molecule has 0 aliphatic rings. The van der Waals surface area contributed by atoms with Gasteiger partial charge in [0.1, 0.15) is 5.82 Å². The topological polar surface area (TPSA) is 20.2 Å². The van der Waals surface area contributed by atoms with Crippen molar-refractivity contribution < 1.29 is 9.50 Å². The van der Waals surface area contributed by atoms with Crippen LogP contribution in [-0.2, 0) is 5.75 Å². The molecule has 1 aromatic rings. The van der Waals surface area contributed by atoms with E-state index in [0.29, 0.717) is 17.2 Å². The van der Waals surface area contributed by atoms with Gasteiger partial charge in [0.05, 0.1) is 6.61 Å². The number of aliphatic hydroxyl groups excluding tert-OH is 1. The van der Waals surface area contributed by atoms with Crippen LogP contribution < -0.4 is 0 Å². The lowest BCUT2D eigenvalue weighted by Gasteiger charge is -2.05. The van der Waals surface area contributed by atoms with Gasteiger partial charge in [0.2, 0.25) is 0 Å². The Morgan fingerprint density at radius 2 is 2.12 bits per heavy atom. The Morgan fingerprint density at radius 1 is 1.35 bits per heavy atom. The first-order valence-electron chi connectivity index (χ1n) is 5.62. The molecule has 3 heteroatoms. The van der Waals surface area contributed by atoms with Crippen LogP contribution in [-0.4, -0.2) is 17.0 Å². The normalized spacial score (nSPS) is 10.2. The quantitative estimate of drug-likeness (QED) is 0.830. The zero-order chi connectivity index (χ0) is 12.7. The predicted molar refractivity (Wildman–Crippen MR) is 71.4 cm³/mol. The lowest BCUT2D eigenvalue weighted by Crippen LogP contribution is -1.91. The summed E-state index contributed by atoms with van der Waals surface area (Å²) in [7, 11) is 0. The molecule has 0 fully saturated rings. The predicted octanol–water partition coefficient (Wildman–Crippen LogP) is 3.20. The number of halogens is 1. The second kappa shape index (κ2) is 7.37. The third-order valence-corrected chi connectivity index (χ3v) is 3.18. The molecule has 0 atom stereocenters. The van der Waals surface area contributed by atoms with Crippen molar-refractivity contribution in [3.05, 3.63) is 35.1 Å². The highest BCUT2D eigenvalue weighted by molar-refractivity contribution is 7.99. The summed E-state index contributed by atoms with van der Waals surface area (Å²) in [6, 6.07) is 4.88. The Labute approximate surface area is 106 Å². The Bertz CT molecular complexity index is 418. The Balaban J connectivity index is 2.76. The third kappa shape index (κ3) is 5.76. The molecule has 1 rings (SSSR count). The number of hydrogen-bond acceptors (Lipinski definition) is 2. The molecule has 0 unspecified atom stereocenters. The summed E-state index contributed by atoms with van der Waals surface area (Å²) in [5, 5.41) is 9.15. The maximum atomic E-state index is 13.3.